The van der Waals surface area contributed by atoms with Crippen molar-refractivity contribution in [2.75, 3.05) is 26.3 Å². The van der Waals surface area contributed by atoms with Crippen LogP contribution >= 0.6 is 0 Å². The predicted molar refractivity (Wildman–Crippen MR) is 94.0 cm³/mol. The number of hydrogen-bond acceptors (Lipinski definition) is 3. The van der Waals surface area contributed by atoms with Gasteiger partial charge < -0.3 is 20.1 Å². The van der Waals surface area contributed by atoms with Gasteiger partial charge in [0, 0.05) is 12.6 Å². The van der Waals surface area contributed by atoms with Crippen molar-refractivity contribution in [3.05, 3.63) is 48.0 Å². The van der Waals surface area contributed by atoms with Gasteiger partial charge in [0.05, 0.1) is 25.9 Å². The molecule has 1 aliphatic rings. The SMILES string of the molecule is C[C@@H](Cc1ccc2ccccc2c1)NC(=O)N1CCO[C@@H](CO)C1. The van der Waals surface area contributed by atoms with Gasteiger partial charge in [-0.2, -0.15) is 0 Å². The highest BCUT2D eigenvalue weighted by Crippen LogP contribution is 2.16. The summed E-state index contributed by atoms with van der Waals surface area (Å²) in [5, 5.41) is 14.6. The minimum Gasteiger partial charge on any atom is -0.394 e. The fourth-order valence-corrected chi connectivity index (χ4v) is 3.09. The first kappa shape index (κ1) is 16.7. The standard InChI is InChI=1S/C19H24N2O3/c1-14(20-19(23)21-8-9-24-18(12-21)13-22)10-15-6-7-16-4-2-3-5-17(16)11-15/h2-7,11,14,18,22H,8-10,12-13H2,1H3,(H,20,23)/t14-,18+/m0/s1. The van der Waals surface area contributed by atoms with Crippen LogP contribution in [0.15, 0.2) is 42.5 Å². The van der Waals surface area contributed by atoms with Crippen LogP contribution in [0.4, 0.5) is 4.79 Å². The van der Waals surface area contributed by atoms with Gasteiger partial charge in [0.2, 0.25) is 0 Å². The van der Waals surface area contributed by atoms with Crippen molar-refractivity contribution in [1.29, 1.82) is 0 Å². The third kappa shape index (κ3) is 4.04. The molecule has 1 fully saturated rings. The minimum absolute atomic E-state index is 0.0362. The topological polar surface area (TPSA) is 61.8 Å². The van der Waals surface area contributed by atoms with Gasteiger partial charge in [-0.1, -0.05) is 42.5 Å². The maximum Gasteiger partial charge on any atom is 0.317 e. The number of hydrogen-bond donors (Lipinski definition) is 2. The zero-order valence-corrected chi connectivity index (χ0v) is 13.9. The molecule has 1 heterocycles. The lowest BCUT2D eigenvalue weighted by atomic mass is 10.0. The first-order chi connectivity index (χ1) is 11.7. The third-order valence-electron chi connectivity index (χ3n) is 4.36. The van der Waals surface area contributed by atoms with Crippen molar-refractivity contribution in [2.24, 2.45) is 0 Å². The highest BCUT2D eigenvalue weighted by atomic mass is 16.5. The first-order valence-corrected chi connectivity index (χ1v) is 8.41. The van der Waals surface area contributed by atoms with Crippen LogP contribution in [-0.2, 0) is 11.2 Å². The summed E-state index contributed by atoms with van der Waals surface area (Å²) in [5.74, 6) is 0. The van der Waals surface area contributed by atoms with Gasteiger partial charge in [-0.15, -0.1) is 0 Å². The highest BCUT2D eigenvalue weighted by molar-refractivity contribution is 5.83. The second-order valence-corrected chi connectivity index (χ2v) is 6.36. The van der Waals surface area contributed by atoms with Crippen molar-refractivity contribution in [3.63, 3.8) is 0 Å². The van der Waals surface area contributed by atoms with E-state index in [1.165, 1.54) is 16.3 Å². The predicted octanol–water partition coefficient (Wildman–Crippen LogP) is 2.17. The normalized spacial score (nSPS) is 19.2. The van der Waals surface area contributed by atoms with Crippen molar-refractivity contribution in [1.82, 2.24) is 10.2 Å². The molecule has 2 aromatic rings. The molecule has 0 aliphatic carbocycles. The van der Waals surface area contributed by atoms with Crippen LogP contribution in [0, 0.1) is 0 Å². The number of benzene rings is 2. The number of nitrogens with zero attached hydrogens (tertiary/aromatic N) is 1. The van der Waals surface area contributed by atoms with Gasteiger partial charge in [0.1, 0.15) is 0 Å². The van der Waals surface area contributed by atoms with E-state index in [0.717, 1.165) is 6.42 Å². The minimum atomic E-state index is -0.278. The average molecular weight is 328 g/mol. The van der Waals surface area contributed by atoms with E-state index in [4.69, 9.17) is 4.74 Å². The number of morpholine rings is 1. The molecule has 0 saturated carbocycles. The fourth-order valence-electron chi connectivity index (χ4n) is 3.09. The van der Waals surface area contributed by atoms with E-state index in [1.807, 2.05) is 19.1 Å². The number of ether oxygens (including phenoxy) is 1. The number of aliphatic hydroxyl groups is 1. The molecule has 2 N–H and O–H groups in total. The maximum absolute atomic E-state index is 12.4. The summed E-state index contributed by atoms with van der Waals surface area (Å²) in [6.07, 6.45) is 0.505. The van der Waals surface area contributed by atoms with E-state index in [1.54, 1.807) is 4.90 Å². The molecule has 1 aliphatic heterocycles. The van der Waals surface area contributed by atoms with E-state index in [0.29, 0.717) is 19.7 Å². The van der Waals surface area contributed by atoms with Crippen LogP contribution in [0.5, 0.6) is 0 Å². The second-order valence-electron chi connectivity index (χ2n) is 6.36. The lowest BCUT2D eigenvalue weighted by Crippen LogP contribution is -2.52. The summed E-state index contributed by atoms with van der Waals surface area (Å²) in [7, 11) is 0. The highest BCUT2D eigenvalue weighted by Gasteiger charge is 2.24. The number of rotatable bonds is 4. The summed E-state index contributed by atoms with van der Waals surface area (Å²) in [6.45, 7) is 3.42. The van der Waals surface area contributed by atoms with Crippen LogP contribution < -0.4 is 5.32 Å². The Labute approximate surface area is 142 Å². The van der Waals surface area contributed by atoms with Crippen molar-refractivity contribution >= 4 is 16.8 Å². The van der Waals surface area contributed by atoms with E-state index in [-0.39, 0.29) is 24.8 Å². The number of amides is 2. The van der Waals surface area contributed by atoms with Gasteiger partial charge in [-0.3, -0.25) is 0 Å². The molecule has 0 spiro atoms. The molecule has 2 aromatic carbocycles. The summed E-state index contributed by atoms with van der Waals surface area (Å²) in [6, 6.07) is 14.6. The molecule has 1 saturated heterocycles. The van der Waals surface area contributed by atoms with E-state index in [2.05, 4.69) is 35.6 Å². The molecule has 0 bridgehead atoms. The molecular weight excluding hydrogens is 304 g/mol. The number of aliphatic hydroxyl groups excluding tert-OH is 1. The molecular formula is C19H24N2O3. The Morgan fingerprint density at radius 1 is 1.33 bits per heavy atom. The number of nitrogens with one attached hydrogen (secondary N) is 1. The van der Waals surface area contributed by atoms with E-state index in [9.17, 15) is 9.90 Å². The van der Waals surface area contributed by atoms with Crippen LogP contribution in [-0.4, -0.2) is 54.5 Å². The zero-order valence-electron chi connectivity index (χ0n) is 13.9. The number of carbonyl (C=O) groups is 1. The Kier molecular flexibility index (Phi) is 5.33. The zero-order chi connectivity index (χ0) is 16.9. The van der Waals surface area contributed by atoms with Gasteiger partial charge >= 0.3 is 6.03 Å². The Morgan fingerprint density at radius 3 is 2.92 bits per heavy atom. The Balaban J connectivity index is 1.57. The quantitative estimate of drug-likeness (QED) is 0.904. The maximum atomic E-state index is 12.4. The molecule has 24 heavy (non-hydrogen) atoms. The van der Waals surface area contributed by atoms with Crippen molar-refractivity contribution in [2.45, 2.75) is 25.5 Å². The summed E-state index contributed by atoms with van der Waals surface area (Å²) < 4.78 is 5.38. The van der Waals surface area contributed by atoms with Gasteiger partial charge in [0.25, 0.3) is 0 Å². The molecule has 2 amide bonds. The molecule has 128 valence electrons. The molecule has 3 rings (SSSR count). The molecule has 0 radical (unpaired) electrons. The second kappa shape index (κ2) is 7.64. The van der Waals surface area contributed by atoms with E-state index >= 15 is 0 Å². The van der Waals surface area contributed by atoms with Crippen LogP contribution in [0.3, 0.4) is 0 Å². The summed E-state index contributed by atoms with van der Waals surface area (Å²) >= 11 is 0. The van der Waals surface area contributed by atoms with Crippen LogP contribution in [0.1, 0.15) is 12.5 Å². The third-order valence-corrected chi connectivity index (χ3v) is 4.36. The molecule has 2 atom stereocenters. The molecule has 5 heteroatoms. The van der Waals surface area contributed by atoms with Gasteiger partial charge in [-0.05, 0) is 29.7 Å². The number of urea groups is 1. The smallest absolute Gasteiger partial charge is 0.317 e. The lowest BCUT2D eigenvalue weighted by molar-refractivity contribution is -0.0404. The summed E-state index contributed by atoms with van der Waals surface area (Å²) in [4.78, 5) is 14.1. The van der Waals surface area contributed by atoms with Gasteiger partial charge in [0.15, 0.2) is 0 Å². The van der Waals surface area contributed by atoms with Crippen LogP contribution in [0.2, 0.25) is 0 Å². The number of fused-ring (bicyclic) bond motifs is 1. The fraction of sp³-hybridized carbons (Fsp3) is 0.421. The largest absolute Gasteiger partial charge is 0.394 e. The Bertz CT molecular complexity index is 704. The molecule has 0 unspecified atom stereocenters. The number of carbonyl (C=O) groups excluding carboxylic acids is 1. The van der Waals surface area contributed by atoms with Crippen LogP contribution in [0.25, 0.3) is 10.8 Å². The summed E-state index contributed by atoms with van der Waals surface area (Å²) in [5.41, 5.74) is 1.21. The first-order valence-electron chi connectivity index (χ1n) is 8.41. The van der Waals surface area contributed by atoms with Gasteiger partial charge in [-0.25, -0.2) is 4.79 Å². The average Bonchev–Trinajstić information content (AvgIpc) is 2.61. The van der Waals surface area contributed by atoms with Crippen molar-refractivity contribution in [3.8, 4) is 0 Å². The molecule has 5 nitrogen and oxygen atoms in total. The Hall–Kier alpha value is -2.11. The van der Waals surface area contributed by atoms with E-state index < -0.39 is 0 Å². The monoisotopic (exact) mass is 328 g/mol. The Morgan fingerprint density at radius 2 is 2.12 bits per heavy atom. The molecule has 0 aromatic heterocycles. The lowest BCUT2D eigenvalue weighted by Gasteiger charge is -2.32. The van der Waals surface area contributed by atoms with Crippen molar-refractivity contribution < 1.29 is 14.6 Å².